The number of rotatable bonds is 6. The molecule has 1 atom stereocenters. The van der Waals surface area contributed by atoms with Gasteiger partial charge < -0.3 is 9.64 Å². The van der Waals surface area contributed by atoms with Crippen molar-refractivity contribution < 1.29 is 19.1 Å². The third kappa shape index (κ3) is 4.46. The summed E-state index contributed by atoms with van der Waals surface area (Å²) in [5.41, 5.74) is 2.15. The summed E-state index contributed by atoms with van der Waals surface area (Å²) >= 11 is 0. The highest BCUT2D eigenvalue weighted by Crippen LogP contribution is 2.23. The van der Waals surface area contributed by atoms with Crippen molar-refractivity contribution in [1.82, 2.24) is 4.90 Å². The summed E-state index contributed by atoms with van der Waals surface area (Å²) in [7, 11) is 0. The van der Waals surface area contributed by atoms with Crippen LogP contribution in [0.1, 0.15) is 27.9 Å². The zero-order chi connectivity index (χ0) is 20.9. The van der Waals surface area contributed by atoms with E-state index in [9.17, 15) is 14.4 Å². The Labute approximate surface area is 174 Å². The second kappa shape index (κ2) is 8.74. The summed E-state index contributed by atoms with van der Waals surface area (Å²) in [6.07, 6.45) is 0.149. The molecule has 1 aliphatic rings. The number of ketones is 1. The van der Waals surface area contributed by atoms with Gasteiger partial charge in [-0.2, -0.15) is 0 Å². The van der Waals surface area contributed by atoms with E-state index >= 15 is 0 Å². The van der Waals surface area contributed by atoms with Gasteiger partial charge in [-0.1, -0.05) is 60.7 Å². The lowest BCUT2D eigenvalue weighted by molar-refractivity contribution is -0.139. The van der Waals surface area contributed by atoms with Gasteiger partial charge in [0.25, 0.3) is 0 Å². The average Bonchev–Trinajstić information content (AvgIpc) is 3.15. The third-order valence-electron chi connectivity index (χ3n) is 5.14. The quantitative estimate of drug-likeness (QED) is 0.359. The van der Waals surface area contributed by atoms with Crippen LogP contribution in [0, 0.1) is 5.92 Å². The molecule has 0 radical (unpaired) electrons. The second-order valence-corrected chi connectivity index (χ2v) is 7.30. The van der Waals surface area contributed by atoms with Crippen LogP contribution in [0.15, 0.2) is 84.9 Å². The standard InChI is InChI=1S/C25H21NO4/c27-23-15-21(17-26(23)16-18-7-3-1-4-8-18)25(29)30-22-13-11-20(12-14-22)24(28)19-9-5-2-6-10-19/h1-14,21H,15-17H2/t21-/m0/s1. The lowest BCUT2D eigenvalue weighted by Gasteiger charge is -2.16. The third-order valence-corrected chi connectivity index (χ3v) is 5.14. The molecule has 1 amide bonds. The second-order valence-electron chi connectivity index (χ2n) is 7.30. The van der Waals surface area contributed by atoms with E-state index in [1.807, 2.05) is 48.5 Å². The molecule has 0 bridgehead atoms. The number of nitrogens with zero attached hydrogens (tertiary/aromatic N) is 1. The first kappa shape index (κ1) is 19.6. The minimum Gasteiger partial charge on any atom is -0.426 e. The van der Waals surface area contributed by atoms with Crippen molar-refractivity contribution in [3.05, 3.63) is 102 Å². The van der Waals surface area contributed by atoms with Crippen LogP contribution in [-0.2, 0) is 16.1 Å². The molecule has 0 aromatic heterocycles. The van der Waals surface area contributed by atoms with E-state index in [0.717, 1.165) is 5.56 Å². The predicted octanol–water partition coefficient (Wildman–Crippen LogP) is 3.87. The first-order valence-corrected chi connectivity index (χ1v) is 9.83. The number of hydrogen-bond donors (Lipinski definition) is 0. The van der Waals surface area contributed by atoms with Gasteiger partial charge in [-0.15, -0.1) is 0 Å². The van der Waals surface area contributed by atoms with Crippen LogP contribution < -0.4 is 4.74 Å². The number of likely N-dealkylation sites (tertiary alicyclic amines) is 1. The summed E-state index contributed by atoms with van der Waals surface area (Å²) in [5.74, 6) is -0.706. The van der Waals surface area contributed by atoms with Crippen molar-refractivity contribution in [2.75, 3.05) is 6.54 Å². The van der Waals surface area contributed by atoms with Crippen LogP contribution in [0.4, 0.5) is 0 Å². The van der Waals surface area contributed by atoms with Gasteiger partial charge in [0.05, 0.1) is 5.92 Å². The lowest BCUT2D eigenvalue weighted by atomic mass is 10.0. The van der Waals surface area contributed by atoms with E-state index in [2.05, 4.69) is 0 Å². The largest absolute Gasteiger partial charge is 0.426 e. The number of benzene rings is 3. The summed E-state index contributed by atoms with van der Waals surface area (Å²) in [6.45, 7) is 0.830. The van der Waals surface area contributed by atoms with E-state index in [1.54, 1.807) is 41.3 Å². The molecule has 3 aromatic rings. The number of ether oxygens (including phenoxy) is 1. The smallest absolute Gasteiger partial charge is 0.316 e. The van der Waals surface area contributed by atoms with Gasteiger partial charge in [0.2, 0.25) is 5.91 Å². The van der Waals surface area contributed by atoms with E-state index in [1.165, 1.54) is 0 Å². The van der Waals surface area contributed by atoms with Crippen molar-refractivity contribution in [3.8, 4) is 5.75 Å². The molecule has 5 heteroatoms. The molecule has 150 valence electrons. The maximum Gasteiger partial charge on any atom is 0.316 e. The first-order chi connectivity index (χ1) is 14.6. The van der Waals surface area contributed by atoms with Crippen LogP contribution in [-0.4, -0.2) is 29.1 Å². The Morgan fingerprint density at radius 3 is 2.10 bits per heavy atom. The molecule has 0 N–H and O–H groups in total. The van der Waals surface area contributed by atoms with Gasteiger partial charge in [-0.05, 0) is 29.8 Å². The molecule has 5 nitrogen and oxygen atoms in total. The van der Waals surface area contributed by atoms with Gasteiger partial charge in [0.1, 0.15) is 5.75 Å². The topological polar surface area (TPSA) is 63.7 Å². The van der Waals surface area contributed by atoms with Crippen molar-refractivity contribution in [3.63, 3.8) is 0 Å². The zero-order valence-corrected chi connectivity index (χ0v) is 16.4. The molecule has 1 saturated heterocycles. The molecule has 0 unspecified atom stereocenters. The fourth-order valence-electron chi connectivity index (χ4n) is 3.52. The number of amides is 1. The molecule has 1 aliphatic heterocycles. The van der Waals surface area contributed by atoms with E-state index in [4.69, 9.17) is 4.74 Å². The number of hydrogen-bond acceptors (Lipinski definition) is 4. The first-order valence-electron chi connectivity index (χ1n) is 9.83. The van der Waals surface area contributed by atoms with Crippen LogP contribution in [0.5, 0.6) is 5.75 Å². The minimum absolute atomic E-state index is 0.0513. The molecule has 1 heterocycles. The summed E-state index contributed by atoms with van der Waals surface area (Å²) in [5, 5.41) is 0. The Morgan fingerprint density at radius 2 is 1.43 bits per heavy atom. The molecular weight excluding hydrogens is 378 g/mol. The SMILES string of the molecule is O=C(c1ccccc1)c1ccc(OC(=O)[C@H]2CC(=O)N(Cc3ccccc3)C2)cc1. The van der Waals surface area contributed by atoms with Gasteiger partial charge in [-0.25, -0.2) is 0 Å². The highest BCUT2D eigenvalue weighted by molar-refractivity contribution is 6.09. The normalized spacial score (nSPS) is 15.8. The fraction of sp³-hybridized carbons (Fsp3) is 0.160. The summed E-state index contributed by atoms with van der Waals surface area (Å²) < 4.78 is 5.46. The monoisotopic (exact) mass is 399 g/mol. The maximum atomic E-state index is 12.5. The Bertz CT molecular complexity index is 1050. The average molecular weight is 399 g/mol. The molecule has 3 aromatic carbocycles. The Morgan fingerprint density at radius 1 is 0.833 bits per heavy atom. The number of carbonyl (C=O) groups excluding carboxylic acids is 3. The van der Waals surface area contributed by atoms with E-state index in [0.29, 0.717) is 30.0 Å². The Balaban J connectivity index is 1.36. The van der Waals surface area contributed by atoms with Crippen molar-refractivity contribution in [2.45, 2.75) is 13.0 Å². The minimum atomic E-state index is -0.494. The van der Waals surface area contributed by atoms with E-state index in [-0.39, 0.29) is 18.1 Å². The summed E-state index contributed by atoms with van der Waals surface area (Å²) in [4.78, 5) is 39.0. The predicted molar refractivity (Wildman–Crippen MR) is 112 cm³/mol. The van der Waals surface area contributed by atoms with Crippen LogP contribution in [0.3, 0.4) is 0 Å². The van der Waals surface area contributed by atoms with Crippen LogP contribution >= 0.6 is 0 Å². The molecule has 30 heavy (non-hydrogen) atoms. The fourth-order valence-corrected chi connectivity index (χ4v) is 3.52. The van der Waals surface area contributed by atoms with Gasteiger partial charge in [-0.3, -0.25) is 14.4 Å². The van der Waals surface area contributed by atoms with Gasteiger partial charge in [0.15, 0.2) is 5.78 Å². The molecule has 4 rings (SSSR count). The van der Waals surface area contributed by atoms with Crippen LogP contribution in [0.25, 0.3) is 0 Å². The number of esters is 1. The van der Waals surface area contributed by atoms with Gasteiger partial charge >= 0.3 is 5.97 Å². The van der Waals surface area contributed by atoms with Crippen LogP contribution in [0.2, 0.25) is 0 Å². The van der Waals surface area contributed by atoms with Crippen molar-refractivity contribution in [2.24, 2.45) is 5.92 Å². The van der Waals surface area contributed by atoms with Crippen molar-refractivity contribution in [1.29, 1.82) is 0 Å². The number of carbonyl (C=O) groups is 3. The molecule has 1 fully saturated rings. The Hall–Kier alpha value is -3.73. The molecular formula is C25H21NO4. The Kier molecular flexibility index (Phi) is 5.70. The maximum absolute atomic E-state index is 12.5. The highest BCUT2D eigenvalue weighted by Gasteiger charge is 2.35. The van der Waals surface area contributed by atoms with Gasteiger partial charge in [0, 0.05) is 30.6 Å². The van der Waals surface area contributed by atoms with Crippen molar-refractivity contribution >= 4 is 17.7 Å². The molecule has 0 saturated carbocycles. The highest BCUT2D eigenvalue weighted by atomic mass is 16.5. The molecule has 0 aliphatic carbocycles. The summed E-state index contributed by atoms with van der Waals surface area (Å²) in [6, 6.07) is 25.2. The zero-order valence-electron chi connectivity index (χ0n) is 16.4. The van der Waals surface area contributed by atoms with E-state index < -0.39 is 11.9 Å². The lowest BCUT2D eigenvalue weighted by Crippen LogP contribution is -2.27. The molecule has 0 spiro atoms.